The molecule has 0 aliphatic carbocycles. The third-order valence-electron chi connectivity index (χ3n) is 1.27. The molecule has 0 unspecified atom stereocenters. The summed E-state index contributed by atoms with van der Waals surface area (Å²) in [7, 11) is 0. The second-order valence-corrected chi connectivity index (χ2v) is 2.12. The van der Waals surface area contributed by atoms with Crippen LogP contribution in [0.1, 0.15) is 5.56 Å². The zero-order valence-corrected chi connectivity index (χ0v) is 5.89. The molecule has 0 saturated heterocycles. The summed E-state index contributed by atoms with van der Waals surface area (Å²) in [5.74, 6) is -1.85. The van der Waals surface area contributed by atoms with Crippen molar-refractivity contribution in [1.29, 1.82) is 0 Å². The van der Waals surface area contributed by atoms with Crippen molar-refractivity contribution in [3.8, 4) is 5.75 Å². The third-order valence-corrected chi connectivity index (χ3v) is 1.27. The SMILES string of the molecule is Oc1cccc(C(F)=C(F)F)c1. The predicted molar refractivity (Wildman–Crippen MR) is 38.4 cm³/mol. The van der Waals surface area contributed by atoms with Crippen molar-refractivity contribution in [3.63, 3.8) is 0 Å². The molecule has 64 valence electrons. The van der Waals surface area contributed by atoms with E-state index in [-0.39, 0.29) is 11.3 Å². The second-order valence-electron chi connectivity index (χ2n) is 2.12. The maximum atomic E-state index is 12.5. The normalized spacial score (nSPS) is 9.58. The number of hydrogen-bond acceptors (Lipinski definition) is 1. The van der Waals surface area contributed by atoms with Crippen LogP contribution in [0.25, 0.3) is 5.83 Å². The first-order valence-corrected chi connectivity index (χ1v) is 3.11. The molecule has 1 aromatic carbocycles. The van der Waals surface area contributed by atoms with Gasteiger partial charge in [-0.1, -0.05) is 12.1 Å². The van der Waals surface area contributed by atoms with Crippen LogP contribution in [-0.4, -0.2) is 5.11 Å². The molecule has 4 heteroatoms. The van der Waals surface area contributed by atoms with E-state index in [0.29, 0.717) is 0 Å². The Morgan fingerprint density at radius 3 is 2.33 bits per heavy atom. The Morgan fingerprint density at radius 2 is 1.83 bits per heavy atom. The van der Waals surface area contributed by atoms with Gasteiger partial charge in [-0.05, 0) is 12.1 Å². The van der Waals surface area contributed by atoms with Crippen molar-refractivity contribution in [2.24, 2.45) is 0 Å². The van der Waals surface area contributed by atoms with E-state index in [9.17, 15) is 13.2 Å². The molecule has 0 saturated carbocycles. The first-order valence-electron chi connectivity index (χ1n) is 3.11. The average Bonchev–Trinajstić information content (AvgIpc) is 2.03. The number of phenolic OH excluding ortho intramolecular Hbond substituents is 1. The molecule has 0 radical (unpaired) electrons. The lowest BCUT2D eigenvalue weighted by Gasteiger charge is -1.96. The van der Waals surface area contributed by atoms with Crippen LogP contribution in [0.3, 0.4) is 0 Å². The first-order chi connectivity index (χ1) is 5.61. The molecule has 0 fully saturated rings. The average molecular weight is 174 g/mol. The minimum Gasteiger partial charge on any atom is -0.508 e. The lowest BCUT2D eigenvalue weighted by molar-refractivity contribution is 0.410. The number of aromatic hydroxyl groups is 1. The molecule has 0 heterocycles. The summed E-state index contributed by atoms with van der Waals surface area (Å²) in [6.45, 7) is 0. The molecule has 1 aromatic rings. The lowest BCUT2D eigenvalue weighted by Crippen LogP contribution is -1.78. The third kappa shape index (κ3) is 1.78. The van der Waals surface area contributed by atoms with E-state index in [1.165, 1.54) is 12.1 Å². The summed E-state index contributed by atoms with van der Waals surface area (Å²) >= 11 is 0. The molecular weight excluding hydrogens is 169 g/mol. The summed E-state index contributed by atoms with van der Waals surface area (Å²) < 4.78 is 35.8. The van der Waals surface area contributed by atoms with Gasteiger partial charge < -0.3 is 5.11 Å². The molecule has 0 atom stereocenters. The number of hydrogen-bond donors (Lipinski definition) is 1. The maximum Gasteiger partial charge on any atom is 0.306 e. The number of benzene rings is 1. The Labute approximate surface area is 66.8 Å². The summed E-state index contributed by atoms with van der Waals surface area (Å²) in [6.07, 6.45) is -2.39. The Bertz CT molecular complexity index is 316. The lowest BCUT2D eigenvalue weighted by atomic mass is 10.2. The van der Waals surface area contributed by atoms with E-state index in [1.807, 2.05) is 0 Å². The summed E-state index contributed by atoms with van der Waals surface area (Å²) in [6, 6.07) is 4.63. The van der Waals surface area contributed by atoms with E-state index in [0.717, 1.165) is 12.1 Å². The molecule has 0 amide bonds. The minimum absolute atomic E-state index is 0.246. The molecule has 0 spiro atoms. The van der Waals surface area contributed by atoms with Gasteiger partial charge in [-0.15, -0.1) is 0 Å². The Balaban J connectivity index is 3.13. The van der Waals surface area contributed by atoms with Crippen LogP contribution >= 0.6 is 0 Å². The van der Waals surface area contributed by atoms with Crippen molar-refractivity contribution in [2.45, 2.75) is 0 Å². The van der Waals surface area contributed by atoms with Gasteiger partial charge in [-0.3, -0.25) is 0 Å². The molecule has 0 aliphatic rings. The fraction of sp³-hybridized carbons (Fsp3) is 0. The van der Waals surface area contributed by atoms with Gasteiger partial charge in [0.15, 0.2) is 5.83 Å². The fourth-order valence-corrected chi connectivity index (χ4v) is 0.752. The van der Waals surface area contributed by atoms with Crippen LogP contribution in [0.5, 0.6) is 5.75 Å². The number of rotatable bonds is 1. The van der Waals surface area contributed by atoms with Crippen molar-refractivity contribution < 1.29 is 18.3 Å². The predicted octanol–water partition coefficient (Wildman–Crippen LogP) is 2.93. The first kappa shape index (κ1) is 8.64. The molecule has 0 aromatic heterocycles. The van der Waals surface area contributed by atoms with Crippen LogP contribution in [0, 0.1) is 0 Å². The standard InChI is InChI=1S/C8H5F3O/c9-7(8(10)11)5-2-1-3-6(12)4-5/h1-4,12H. The Morgan fingerprint density at radius 1 is 1.17 bits per heavy atom. The van der Waals surface area contributed by atoms with Gasteiger partial charge in [0.25, 0.3) is 0 Å². The van der Waals surface area contributed by atoms with E-state index in [2.05, 4.69) is 0 Å². The maximum absolute atomic E-state index is 12.5. The van der Waals surface area contributed by atoms with Crippen LogP contribution in [-0.2, 0) is 0 Å². The number of halogens is 3. The second kappa shape index (κ2) is 3.30. The van der Waals surface area contributed by atoms with Crippen molar-refractivity contribution in [2.75, 3.05) is 0 Å². The smallest absolute Gasteiger partial charge is 0.306 e. The van der Waals surface area contributed by atoms with Gasteiger partial charge in [0.2, 0.25) is 0 Å². The van der Waals surface area contributed by atoms with Crippen molar-refractivity contribution in [1.82, 2.24) is 0 Å². The van der Waals surface area contributed by atoms with E-state index >= 15 is 0 Å². The monoisotopic (exact) mass is 174 g/mol. The van der Waals surface area contributed by atoms with Crippen molar-refractivity contribution in [3.05, 3.63) is 35.9 Å². The van der Waals surface area contributed by atoms with Crippen LogP contribution in [0.4, 0.5) is 13.2 Å². The van der Waals surface area contributed by atoms with Crippen LogP contribution < -0.4 is 0 Å². The molecule has 0 aliphatic heterocycles. The highest BCUT2D eigenvalue weighted by Gasteiger charge is 2.07. The van der Waals surface area contributed by atoms with E-state index in [4.69, 9.17) is 5.11 Å². The quantitative estimate of drug-likeness (QED) is 0.693. The molecule has 12 heavy (non-hydrogen) atoms. The van der Waals surface area contributed by atoms with Crippen LogP contribution in [0.2, 0.25) is 0 Å². The molecular formula is C8H5F3O. The van der Waals surface area contributed by atoms with Crippen molar-refractivity contribution >= 4 is 5.83 Å². The minimum atomic E-state index is -2.39. The summed E-state index contributed by atoms with van der Waals surface area (Å²) in [5.41, 5.74) is -0.324. The Kier molecular flexibility index (Phi) is 2.38. The zero-order valence-electron chi connectivity index (χ0n) is 5.89. The van der Waals surface area contributed by atoms with Gasteiger partial charge in [-0.2, -0.15) is 8.78 Å². The largest absolute Gasteiger partial charge is 0.508 e. The zero-order chi connectivity index (χ0) is 9.14. The highest BCUT2D eigenvalue weighted by molar-refractivity contribution is 5.60. The molecule has 1 nitrogen and oxygen atoms in total. The Hall–Kier alpha value is -1.45. The fourth-order valence-electron chi connectivity index (χ4n) is 0.752. The summed E-state index contributed by atoms with van der Waals surface area (Å²) in [4.78, 5) is 0. The van der Waals surface area contributed by atoms with Crippen LogP contribution in [0.15, 0.2) is 30.3 Å². The highest BCUT2D eigenvalue weighted by Crippen LogP contribution is 2.24. The molecule has 1 N–H and O–H groups in total. The van der Waals surface area contributed by atoms with Gasteiger partial charge in [0, 0.05) is 5.56 Å². The molecule has 1 rings (SSSR count). The number of phenols is 1. The van der Waals surface area contributed by atoms with Gasteiger partial charge >= 0.3 is 6.08 Å². The highest BCUT2D eigenvalue weighted by atomic mass is 19.3. The topological polar surface area (TPSA) is 20.2 Å². The van der Waals surface area contributed by atoms with Gasteiger partial charge in [0.1, 0.15) is 5.75 Å². The van der Waals surface area contributed by atoms with Gasteiger partial charge in [-0.25, -0.2) is 4.39 Å². The van der Waals surface area contributed by atoms with E-state index < -0.39 is 11.9 Å². The summed E-state index contributed by atoms with van der Waals surface area (Å²) in [5, 5.41) is 8.81. The van der Waals surface area contributed by atoms with Gasteiger partial charge in [0.05, 0.1) is 0 Å². The molecule has 0 bridgehead atoms. The van der Waals surface area contributed by atoms with E-state index in [1.54, 1.807) is 0 Å².